The van der Waals surface area contributed by atoms with Crippen molar-refractivity contribution < 1.29 is 9.47 Å². The van der Waals surface area contributed by atoms with Crippen molar-refractivity contribution in [3.63, 3.8) is 0 Å². The molecule has 1 rings (SSSR count). The van der Waals surface area contributed by atoms with E-state index in [2.05, 4.69) is 11.9 Å². The molecule has 1 aromatic rings. The van der Waals surface area contributed by atoms with Gasteiger partial charge >= 0.3 is 0 Å². The second-order valence-corrected chi connectivity index (χ2v) is 3.56. The lowest BCUT2D eigenvalue weighted by Crippen LogP contribution is -2.12. The second kappa shape index (κ2) is 6.18. The van der Waals surface area contributed by atoms with Crippen LogP contribution >= 0.6 is 0 Å². The van der Waals surface area contributed by atoms with Gasteiger partial charge in [-0.2, -0.15) is 0 Å². The minimum atomic E-state index is -0.0114. The molecule has 0 radical (unpaired) electrons. The number of nitrogens with one attached hydrogen (secondary N) is 1. The lowest BCUT2D eigenvalue weighted by molar-refractivity contribution is 0.265. The molecule has 1 N–H and O–H groups in total. The Balaban J connectivity index is 2.94. The van der Waals surface area contributed by atoms with E-state index < -0.39 is 0 Å². The maximum absolute atomic E-state index is 5.75. The van der Waals surface area contributed by atoms with Crippen LogP contribution in [0.3, 0.4) is 0 Å². The Labute approximate surface area is 97.1 Å². The average Bonchev–Trinajstić information content (AvgIpc) is 2.31. The lowest BCUT2D eigenvalue weighted by atomic mass is 10.2. The van der Waals surface area contributed by atoms with Crippen molar-refractivity contribution in [2.24, 2.45) is 0 Å². The number of hydrogen-bond donors (Lipinski definition) is 1. The van der Waals surface area contributed by atoms with E-state index in [0.717, 1.165) is 23.6 Å². The molecule has 0 aliphatic carbocycles. The first kappa shape index (κ1) is 12.6. The molecule has 88 valence electrons. The van der Waals surface area contributed by atoms with E-state index in [-0.39, 0.29) is 6.10 Å². The molecule has 0 aliphatic rings. The topological polar surface area (TPSA) is 30.5 Å². The van der Waals surface area contributed by atoms with Gasteiger partial charge in [-0.05, 0) is 20.0 Å². The van der Waals surface area contributed by atoms with Gasteiger partial charge in [0.25, 0.3) is 0 Å². The molecule has 3 heteroatoms. The van der Waals surface area contributed by atoms with Crippen LogP contribution < -0.4 is 14.8 Å². The third-order valence-corrected chi connectivity index (χ3v) is 2.29. The highest BCUT2D eigenvalue weighted by Gasteiger charge is 2.07. The Hall–Kier alpha value is -1.48. The van der Waals surface area contributed by atoms with Gasteiger partial charge in [0.05, 0.1) is 7.11 Å². The fourth-order valence-corrected chi connectivity index (χ4v) is 1.36. The van der Waals surface area contributed by atoms with E-state index in [1.807, 2.05) is 32.2 Å². The van der Waals surface area contributed by atoms with E-state index in [4.69, 9.17) is 9.47 Å². The molecular formula is C13H19NO2. The van der Waals surface area contributed by atoms with Crippen molar-refractivity contribution in [1.29, 1.82) is 0 Å². The van der Waals surface area contributed by atoms with Crippen molar-refractivity contribution in [3.05, 3.63) is 36.4 Å². The van der Waals surface area contributed by atoms with Crippen LogP contribution in [0.4, 0.5) is 0 Å². The van der Waals surface area contributed by atoms with Crippen LogP contribution in [0.15, 0.2) is 30.9 Å². The highest BCUT2D eigenvalue weighted by Crippen LogP contribution is 2.25. The second-order valence-electron chi connectivity index (χ2n) is 3.56. The summed E-state index contributed by atoms with van der Waals surface area (Å²) in [6.45, 7) is 6.42. The van der Waals surface area contributed by atoms with Crippen molar-refractivity contribution in [3.8, 4) is 11.5 Å². The zero-order valence-corrected chi connectivity index (χ0v) is 10.1. The Morgan fingerprint density at radius 2 is 2.25 bits per heavy atom. The lowest BCUT2D eigenvalue weighted by Gasteiger charge is -2.15. The molecule has 1 atom stereocenters. The molecule has 1 aromatic carbocycles. The van der Waals surface area contributed by atoms with Crippen LogP contribution in [0.25, 0.3) is 0 Å². The van der Waals surface area contributed by atoms with E-state index in [0.29, 0.717) is 0 Å². The molecule has 0 fully saturated rings. The fourth-order valence-electron chi connectivity index (χ4n) is 1.36. The van der Waals surface area contributed by atoms with Gasteiger partial charge in [0.15, 0.2) is 0 Å². The largest absolute Gasteiger partial charge is 0.497 e. The van der Waals surface area contributed by atoms with Crippen LogP contribution in [-0.4, -0.2) is 20.3 Å². The summed E-state index contributed by atoms with van der Waals surface area (Å²) in [6.07, 6.45) is 1.76. The number of methoxy groups -OCH3 is 1. The molecule has 0 saturated carbocycles. The van der Waals surface area contributed by atoms with Gasteiger partial charge in [-0.15, -0.1) is 0 Å². The van der Waals surface area contributed by atoms with Gasteiger partial charge in [-0.3, -0.25) is 0 Å². The molecule has 0 spiro atoms. The normalized spacial score (nSPS) is 11.9. The quantitative estimate of drug-likeness (QED) is 0.748. The van der Waals surface area contributed by atoms with Crippen LogP contribution in [-0.2, 0) is 6.54 Å². The van der Waals surface area contributed by atoms with Gasteiger partial charge in [0, 0.05) is 18.2 Å². The zero-order valence-electron chi connectivity index (χ0n) is 10.1. The van der Waals surface area contributed by atoms with Crippen LogP contribution in [0.5, 0.6) is 11.5 Å². The fraction of sp³-hybridized carbons (Fsp3) is 0.385. The third-order valence-electron chi connectivity index (χ3n) is 2.29. The van der Waals surface area contributed by atoms with Crippen molar-refractivity contribution in [1.82, 2.24) is 5.32 Å². The minimum absolute atomic E-state index is 0.0114. The smallest absolute Gasteiger partial charge is 0.128 e. The van der Waals surface area contributed by atoms with E-state index in [1.165, 1.54) is 0 Å². The van der Waals surface area contributed by atoms with Gasteiger partial charge in [-0.1, -0.05) is 18.7 Å². The first-order valence-corrected chi connectivity index (χ1v) is 5.32. The maximum Gasteiger partial charge on any atom is 0.128 e. The molecule has 0 amide bonds. The van der Waals surface area contributed by atoms with E-state index in [1.54, 1.807) is 13.2 Å². The minimum Gasteiger partial charge on any atom is -0.497 e. The Morgan fingerprint density at radius 3 is 2.81 bits per heavy atom. The summed E-state index contributed by atoms with van der Waals surface area (Å²) in [4.78, 5) is 0. The monoisotopic (exact) mass is 221 g/mol. The van der Waals surface area contributed by atoms with Gasteiger partial charge in [0.1, 0.15) is 17.6 Å². The van der Waals surface area contributed by atoms with Crippen molar-refractivity contribution >= 4 is 0 Å². The van der Waals surface area contributed by atoms with Gasteiger partial charge < -0.3 is 14.8 Å². The number of ether oxygens (including phenoxy) is 2. The summed E-state index contributed by atoms with van der Waals surface area (Å²) in [5, 5.41) is 3.11. The SMILES string of the molecule is C=CC(C)Oc1cc(OC)ccc1CNC. The molecular weight excluding hydrogens is 202 g/mol. The number of rotatable bonds is 6. The summed E-state index contributed by atoms with van der Waals surface area (Å²) in [5.74, 6) is 1.63. The molecule has 0 heterocycles. The number of benzene rings is 1. The Morgan fingerprint density at radius 1 is 1.50 bits per heavy atom. The average molecular weight is 221 g/mol. The molecule has 1 unspecified atom stereocenters. The Kier molecular flexibility index (Phi) is 4.86. The first-order valence-electron chi connectivity index (χ1n) is 5.32. The molecule has 0 aliphatic heterocycles. The summed E-state index contributed by atoms with van der Waals surface area (Å²) in [6, 6.07) is 5.82. The summed E-state index contributed by atoms with van der Waals surface area (Å²) < 4.78 is 10.9. The van der Waals surface area contributed by atoms with Gasteiger partial charge in [-0.25, -0.2) is 0 Å². The van der Waals surface area contributed by atoms with Crippen LogP contribution in [0.1, 0.15) is 12.5 Å². The predicted molar refractivity (Wildman–Crippen MR) is 66.0 cm³/mol. The van der Waals surface area contributed by atoms with Crippen LogP contribution in [0, 0.1) is 0 Å². The molecule has 0 aromatic heterocycles. The molecule has 0 saturated heterocycles. The third kappa shape index (κ3) is 3.28. The van der Waals surface area contributed by atoms with Crippen molar-refractivity contribution in [2.75, 3.05) is 14.2 Å². The number of hydrogen-bond acceptors (Lipinski definition) is 3. The predicted octanol–water partition coefficient (Wildman–Crippen LogP) is 2.37. The van der Waals surface area contributed by atoms with E-state index >= 15 is 0 Å². The van der Waals surface area contributed by atoms with Gasteiger partial charge in [0.2, 0.25) is 0 Å². The first-order chi connectivity index (χ1) is 7.71. The zero-order chi connectivity index (χ0) is 12.0. The molecule has 16 heavy (non-hydrogen) atoms. The summed E-state index contributed by atoms with van der Waals surface area (Å²) in [7, 11) is 3.55. The van der Waals surface area contributed by atoms with E-state index in [9.17, 15) is 0 Å². The maximum atomic E-state index is 5.75. The Bertz CT molecular complexity index is 350. The molecule has 0 bridgehead atoms. The molecule has 3 nitrogen and oxygen atoms in total. The summed E-state index contributed by atoms with van der Waals surface area (Å²) >= 11 is 0. The summed E-state index contributed by atoms with van der Waals surface area (Å²) in [5.41, 5.74) is 1.11. The highest BCUT2D eigenvalue weighted by atomic mass is 16.5. The van der Waals surface area contributed by atoms with Crippen molar-refractivity contribution in [2.45, 2.75) is 19.6 Å². The standard InChI is InChI=1S/C13H19NO2/c1-5-10(2)16-13-8-12(15-4)7-6-11(13)9-14-3/h5-8,10,14H,1,9H2,2-4H3. The highest BCUT2D eigenvalue weighted by molar-refractivity contribution is 5.41. The van der Waals surface area contributed by atoms with Crippen LogP contribution in [0.2, 0.25) is 0 Å².